The summed E-state index contributed by atoms with van der Waals surface area (Å²) in [6.45, 7) is 0. The van der Waals surface area contributed by atoms with E-state index in [1.54, 1.807) is 42.5 Å². The highest BCUT2D eigenvalue weighted by molar-refractivity contribution is 6.50. The van der Waals surface area contributed by atoms with Crippen molar-refractivity contribution in [2.24, 2.45) is 0 Å². The van der Waals surface area contributed by atoms with Crippen LogP contribution in [0.2, 0.25) is 5.02 Å². The first-order valence-electron chi connectivity index (χ1n) is 6.34. The Morgan fingerprint density at radius 3 is 2.64 bits per heavy atom. The molecule has 0 N–H and O–H groups in total. The molecule has 0 fully saturated rings. The van der Waals surface area contributed by atoms with E-state index >= 15 is 0 Å². The smallest absolute Gasteiger partial charge is 0.269 e. The lowest BCUT2D eigenvalue weighted by Crippen LogP contribution is -1.82. The SMILES string of the molecule is Fc1cccc(/C=C(\Cl)c2nc(-c3ccc(Cl)cc3)no2)c1. The fourth-order valence-electron chi connectivity index (χ4n) is 1.84. The molecule has 0 spiro atoms. The summed E-state index contributed by atoms with van der Waals surface area (Å²) in [5.41, 5.74) is 1.37. The van der Waals surface area contributed by atoms with E-state index < -0.39 is 0 Å². The van der Waals surface area contributed by atoms with E-state index in [1.165, 1.54) is 12.1 Å². The van der Waals surface area contributed by atoms with Gasteiger partial charge in [0.05, 0.1) is 0 Å². The van der Waals surface area contributed by atoms with Gasteiger partial charge in [0.15, 0.2) is 0 Å². The molecule has 0 saturated carbocycles. The predicted molar refractivity (Wildman–Crippen MR) is 84.9 cm³/mol. The Labute approximate surface area is 136 Å². The maximum absolute atomic E-state index is 13.1. The molecule has 3 rings (SSSR count). The predicted octanol–water partition coefficient (Wildman–Crippen LogP) is 5.27. The highest BCUT2D eigenvalue weighted by Crippen LogP contribution is 2.24. The van der Waals surface area contributed by atoms with Crippen molar-refractivity contribution < 1.29 is 8.91 Å². The van der Waals surface area contributed by atoms with Crippen molar-refractivity contribution in [1.82, 2.24) is 10.1 Å². The van der Waals surface area contributed by atoms with Crippen molar-refractivity contribution >= 4 is 34.3 Å². The van der Waals surface area contributed by atoms with Crippen LogP contribution in [-0.2, 0) is 0 Å². The molecule has 0 unspecified atom stereocenters. The van der Waals surface area contributed by atoms with Gasteiger partial charge in [-0.2, -0.15) is 4.98 Å². The molecule has 0 aliphatic carbocycles. The Morgan fingerprint density at radius 2 is 1.91 bits per heavy atom. The third kappa shape index (κ3) is 3.35. The molecule has 22 heavy (non-hydrogen) atoms. The van der Waals surface area contributed by atoms with Gasteiger partial charge in [-0.05, 0) is 48.0 Å². The normalized spacial score (nSPS) is 11.7. The molecule has 6 heteroatoms. The second-order valence-corrected chi connectivity index (χ2v) is 5.32. The van der Waals surface area contributed by atoms with Crippen molar-refractivity contribution in [3.8, 4) is 11.4 Å². The van der Waals surface area contributed by atoms with Gasteiger partial charge >= 0.3 is 0 Å². The van der Waals surface area contributed by atoms with Crippen molar-refractivity contribution in [3.05, 3.63) is 70.8 Å². The number of hydrogen-bond acceptors (Lipinski definition) is 3. The summed E-state index contributed by atoms with van der Waals surface area (Å²) in [4.78, 5) is 4.21. The summed E-state index contributed by atoms with van der Waals surface area (Å²) in [6.07, 6.45) is 1.56. The highest BCUT2D eigenvalue weighted by atomic mass is 35.5. The van der Waals surface area contributed by atoms with Crippen LogP contribution in [0.4, 0.5) is 4.39 Å². The van der Waals surface area contributed by atoms with Crippen LogP contribution in [-0.4, -0.2) is 10.1 Å². The molecule has 0 bridgehead atoms. The molecule has 0 atom stereocenters. The lowest BCUT2D eigenvalue weighted by atomic mass is 10.2. The summed E-state index contributed by atoms with van der Waals surface area (Å²) < 4.78 is 18.3. The standard InChI is InChI=1S/C16H9Cl2FN2O/c17-12-6-4-11(5-7-12)15-20-16(22-21-15)14(18)9-10-2-1-3-13(19)8-10/h1-9H/b14-9-. The van der Waals surface area contributed by atoms with Gasteiger partial charge in [-0.3, -0.25) is 0 Å². The summed E-state index contributed by atoms with van der Waals surface area (Å²) in [7, 11) is 0. The van der Waals surface area contributed by atoms with Gasteiger partial charge in [-0.1, -0.05) is 40.5 Å². The van der Waals surface area contributed by atoms with E-state index in [9.17, 15) is 4.39 Å². The lowest BCUT2D eigenvalue weighted by Gasteiger charge is -1.95. The van der Waals surface area contributed by atoms with Crippen LogP contribution in [0.15, 0.2) is 53.1 Å². The molecule has 1 aromatic heterocycles. The third-order valence-corrected chi connectivity index (χ3v) is 3.40. The molecule has 0 saturated heterocycles. The van der Waals surface area contributed by atoms with Gasteiger partial charge in [0.1, 0.15) is 10.8 Å². The summed E-state index contributed by atoms with van der Waals surface area (Å²) in [5.74, 6) is 0.221. The van der Waals surface area contributed by atoms with Crippen LogP contribution in [0.1, 0.15) is 11.5 Å². The first-order chi connectivity index (χ1) is 10.6. The number of benzene rings is 2. The second kappa shape index (κ2) is 6.30. The molecule has 0 aliphatic heterocycles. The molecule has 110 valence electrons. The van der Waals surface area contributed by atoms with Gasteiger partial charge < -0.3 is 4.52 Å². The fraction of sp³-hybridized carbons (Fsp3) is 0. The molecular weight excluding hydrogens is 326 g/mol. The minimum absolute atomic E-state index is 0.163. The monoisotopic (exact) mass is 334 g/mol. The number of rotatable bonds is 3. The first-order valence-corrected chi connectivity index (χ1v) is 7.10. The van der Waals surface area contributed by atoms with Crippen LogP contribution in [0.3, 0.4) is 0 Å². The summed E-state index contributed by atoms with van der Waals surface area (Å²) in [5, 5.41) is 4.72. The molecule has 0 amide bonds. The van der Waals surface area contributed by atoms with E-state index in [1.807, 2.05) is 0 Å². The van der Waals surface area contributed by atoms with Gasteiger partial charge in [-0.25, -0.2) is 4.39 Å². The Hall–Kier alpha value is -2.17. The molecule has 3 aromatic rings. The van der Waals surface area contributed by atoms with E-state index in [0.29, 0.717) is 16.4 Å². The van der Waals surface area contributed by atoms with E-state index in [4.69, 9.17) is 27.7 Å². The van der Waals surface area contributed by atoms with E-state index in [-0.39, 0.29) is 16.7 Å². The molecule has 3 nitrogen and oxygen atoms in total. The average molecular weight is 335 g/mol. The molecule has 2 aromatic carbocycles. The molecule has 1 heterocycles. The van der Waals surface area contributed by atoms with Crippen LogP contribution in [0.25, 0.3) is 22.5 Å². The van der Waals surface area contributed by atoms with Gasteiger partial charge in [0.25, 0.3) is 5.89 Å². The van der Waals surface area contributed by atoms with Crippen LogP contribution >= 0.6 is 23.2 Å². The van der Waals surface area contributed by atoms with Crippen LogP contribution in [0.5, 0.6) is 0 Å². The topological polar surface area (TPSA) is 38.9 Å². The maximum Gasteiger partial charge on any atom is 0.269 e. The Bertz CT molecular complexity index is 828. The molecule has 0 radical (unpaired) electrons. The quantitative estimate of drug-likeness (QED) is 0.655. The van der Waals surface area contributed by atoms with Gasteiger partial charge in [0.2, 0.25) is 5.82 Å². The zero-order chi connectivity index (χ0) is 15.5. The van der Waals surface area contributed by atoms with Gasteiger partial charge in [-0.15, -0.1) is 0 Å². The minimum Gasteiger partial charge on any atom is -0.333 e. The number of hydrogen-bond donors (Lipinski definition) is 0. The number of halogens is 3. The number of aromatic nitrogens is 2. The largest absolute Gasteiger partial charge is 0.333 e. The zero-order valence-electron chi connectivity index (χ0n) is 11.1. The first kappa shape index (κ1) is 14.8. The van der Waals surface area contributed by atoms with Crippen molar-refractivity contribution in [3.63, 3.8) is 0 Å². The Balaban J connectivity index is 1.88. The lowest BCUT2D eigenvalue weighted by molar-refractivity contribution is 0.410. The van der Waals surface area contributed by atoms with Crippen LogP contribution in [0, 0.1) is 5.82 Å². The summed E-state index contributed by atoms with van der Waals surface area (Å²) in [6, 6.07) is 13.1. The van der Waals surface area contributed by atoms with Crippen molar-refractivity contribution in [2.45, 2.75) is 0 Å². The molecule has 0 aliphatic rings. The third-order valence-electron chi connectivity index (χ3n) is 2.87. The maximum atomic E-state index is 13.1. The van der Waals surface area contributed by atoms with Crippen molar-refractivity contribution in [2.75, 3.05) is 0 Å². The van der Waals surface area contributed by atoms with E-state index in [2.05, 4.69) is 10.1 Å². The van der Waals surface area contributed by atoms with Crippen molar-refractivity contribution in [1.29, 1.82) is 0 Å². The summed E-state index contributed by atoms with van der Waals surface area (Å²) >= 11 is 12.0. The fourth-order valence-corrected chi connectivity index (χ4v) is 2.17. The Morgan fingerprint density at radius 1 is 1.14 bits per heavy atom. The second-order valence-electron chi connectivity index (χ2n) is 4.48. The van der Waals surface area contributed by atoms with E-state index in [0.717, 1.165) is 5.56 Å². The number of nitrogens with zero attached hydrogens (tertiary/aromatic N) is 2. The molecular formula is C16H9Cl2FN2O. The highest BCUT2D eigenvalue weighted by Gasteiger charge is 2.11. The van der Waals surface area contributed by atoms with Gasteiger partial charge in [0, 0.05) is 10.6 Å². The zero-order valence-corrected chi connectivity index (χ0v) is 12.6. The Kier molecular flexibility index (Phi) is 4.22. The minimum atomic E-state index is -0.342. The average Bonchev–Trinajstić information content (AvgIpc) is 2.98. The van der Waals surface area contributed by atoms with Crippen LogP contribution < -0.4 is 0 Å².